The molecular formula is C8H19N3O4S. The summed E-state index contributed by atoms with van der Waals surface area (Å²) in [5.41, 5.74) is 5.31. The van der Waals surface area contributed by atoms with Gasteiger partial charge in [-0.3, -0.25) is 0 Å². The summed E-state index contributed by atoms with van der Waals surface area (Å²) < 4.78 is 30.6. The van der Waals surface area contributed by atoms with E-state index in [0.29, 0.717) is 13.0 Å². The molecule has 0 saturated carbocycles. The van der Waals surface area contributed by atoms with Crippen molar-refractivity contribution in [2.45, 2.75) is 26.3 Å². The summed E-state index contributed by atoms with van der Waals surface area (Å²) in [7, 11) is -2.75. The number of nitrogens with one attached hydrogen (secondary N) is 1. The van der Waals surface area contributed by atoms with Gasteiger partial charge in [-0.25, -0.2) is 9.52 Å². The quantitative estimate of drug-likeness (QED) is 0.673. The summed E-state index contributed by atoms with van der Waals surface area (Å²) in [5, 5.41) is 0. The Balaban J connectivity index is 4.69. The Morgan fingerprint density at radius 1 is 1.50 bits per heavy atom. The van der Waals surface area contributed by atoms with Crippen molar-refractivity contribution in [2.24, 2.45) is 5.73 Å². The first-order valence-electron chi connectivity index (χ1n) is 4.92. The van der Waals surface area contributed by atoms with Gasteiger partial charge in [0.1, 0.15) is 0 Å². The van der Waals surface area contributed by atoms with E-state index in [0.717, 1.165) is 11.4 Å². The van der Waals surface area contributed by atoms with Crippen molar-refractivity contribution in [3.63, 3.8) is 0 Å². The zero-order valence-electron chi connectivity index (χ0n) is 9.76. The highest BCUT2D eigenvalue weighted by molar-refractivity contribution is 7.87. The summed E-state index contributed by atoms with van der Waals surface area (Å²) in [6.45, 7) is 4.08. The van der Waals surface area contributed by atoms with E-state index >= 15 is 0 Å². The lowest BCUT2D eigenvalue weighted by Crippen LogP contribution is -2.47. The Morgan fingerprint density at radius 3 is 2.44 bits per heavy atom. The number of ether oxygens (including phenoxy) is 1. The van der Waals surface area contributed by atoms with Crippen molar-refractivity contribution in [1.29, 1.82) is 0 Å². The van der Waals surface area contributed by atoms with E-state index in [-0.39, 0.29) is 12.6 Å². The zero-order valence-corrected chi connectivity index (χ0v) is 10.6. The summed E-state index contributed by atoms with van der Waals surface area (Å²) in [6, 6.07) is -0.256. The average molecular weight is 253 g/mol. The van der Waals surface area contributed by atoms with Crippen molar-refractivity contribution in [2.75, 3.05) is 20.2 Å². The van der Waals surface area contributed by atoms with E-state index in [9.17, 15) is 13.2 Å². The van der Waals surface area contributed by atoms with Crippen molar-refractivity contribution in [3.8, 4) is 0 Å². The minimum Gasteiger partial charge on any atom is -0.452 e. The molecule has 0 unspecified atom stereocenters. The second kappa shape index (κ2) is 6.66. The SMILES string of the molecule is COC(=O)NS(=O)(=O)N(CCCN)C(C)C. The van der Waals surface area contributed by atoms with E-state index < -0.39 is 16.3 Å². The standard InChI is InChI=1S/C8H19N3O4S/c1-7(2)11(6-4-5-9)16(13,14)10-8(12)15-3/h7H,4-6,9H2,1-3H3,(H,10,12). The number of carbonyl (C=O) groups is 1. The molecule has 0 heterocycles. The largest absolute Gasteiger partial charge is 0.452 e. The van der Waals surface area contributed by atoms with Crippen LogP contribution in [0, 0.1) is 0 Å². The van der Waals surface area contributed by atoms with Gasteiger partial charge < -0.3 is 10.5 Å². The molecule has 96 valence electrons. The van der Waals surface area contributed by atoms with Gasteiger partial charge in [-0.15, -0.1) is 0 Å². The van der Waals surface area contributed by atoms with Crippen LogP contribution in [0.3, 0.4) is 0 Å². The van der Waals surface area contributed by atoms with Crippen LogP contribution >= 0.6 is 0 Å². The van der Waals surface area contributed by atoms with Gasteiger partial charge >= 0.3 is 16.3 Å². The highest BCUT2D eigenvalue weighted by atomic mass is 32.2. The molecular weight excluding hydrogens is 234 g/mol. The second-order valence-corrected chi connectivity index (χ2v) is 5.07. The maximum absolute atomic E-state index is 11.7. The fourth-order valence-corrected chi connectivity index (χ4v) is 2.44. The third-order valence-electron chi connectivity index (χ3n) is 1.87. The molecule has 3 N–H and O–H groups in total. The molecule has 0 aromatic carbocycles. The molecule has 0 saturated heterocycles. The van der Waals surface area contributed by atoms with Crippen LogP contribution in [0.25, 0.3) is 0 Å². The predicted octanol–water partition coefficient (Wildman–Crippen LogP) is -0.354. The summed E-state index contributed by atoms with van der Waals surface area (Å²) >= 11 is 0. The average Bonchev–Trinajstić information content (AvgIpc) is 2.16. The van der Waals surface area contributed by atoms with Crippen LogP contribution < -0.4 is 10.5 Å². The third kappa shape index (κ3) is 4.77. The van der Waals surface area contributed by atoms with E-state index in [1.165, 1.54) is 0 Å². The van der Waals surface area contributed by atoms with Crippen molar-refractivity contribution >= 4 is 16.3 Å². The fraction of sp³-hybridized carbons (Fsp3) is 0.875. The Labute approximate surface area is 96.1 Å². The molecule has 0 rings (SSSR count). The van der Waals surface area contributed by atoms with Crippen LogP contribution in [-0.4, -0.2) is 45.1 Å². The Morgan fingerprint density at radius 2 is 2.06 bits per heavy atom. The Kier molecular flexibility index (Phi) is 6.31. The van der Waals surface area contributed by atoms with Crippen LogP contribution in [0.4, 0.5) is 4.79 Å². The molecule has 0 aliphatic rings. The molecule has 0 aliphatic heterocycles. The molecule has 0 aromatic heterocycles. The number of hydrogen-bond donors (Lipinski definition) is 2. The van der Waals surface area contributed by atoms with Crippen molar-refractivity contribution < 1.29 is 17.9 Å². The smallest absolute Gasteiger partial charge is 0.421 e. The number of methoxy groups -OCH3 is 1. The highest BCUT2D eigenvalue weighted by Crippen LogP contribution is 2.05. The molecule has 0 radical (unpaired) electrons. The van der Waals surface area contributed by atoms with Gasteiger partial charge in [0.05, 0.1) is 7.11 Å². The maximum Gasteiger partial charge on any atom is 0.421 e. The first kappa shape index (κ1) is 15.1. The summed E-state index contributed by atoms with van der Waals surface area (Å²) in [5.74, 6) is 0. The maximum atomic E-state index is 11.7. The molecule has 16 heavy (non-hydrogen) atoms. The van der Waals surface area contributed by atoms with E-state index in [4.69, 9.17) is 5.73 Å². The summed E-state index contributed by atoms with van der Waals surface area (Å²) in [4.78, 5) is 10.9. The lowest BCUT2D eigenvalue weighted by Gasteiger charge is -2.25. The van der Waals surface area contributed by atoms with Gasteiger partial charge in [0.25, 0.3) is 0 Å². The minimum atomic E-state index is -3.85. The molecule has 0 aromatic rings. The lowest BCUT2D eigenvalue weighted by molar-refractivity contribution is 0.176. The van der Waals surface area contributed by atoms with Crippen LogP contribution in [0.1, 0.15) is 20.3 Å². The zero-order chi connectivity index (χ0) is 12.8. The number of rotatable bonds is 6. The van der Waals surface area contributed by atoms with Gasteiger partial charge in [-0.1, -0.05) is 0 Å². The van der Waals surface area contributed by atoms with Crippen molar-refractivity contribution in [3.05, 3.63) is 0 Å². The van der Waals surface area contributed by atoms with Crippen LogP contribution in [-0.2, 0) is 14.9 Å². The van der Waals surface area contributed by atoms with Gasteiger partial charge in [-0.2, -0.15) is 12.7 Å². The second-order valence-electron chi connectivity index (χ2n) is 3.45. The Bertz CT molecular complexity index is 315. The fourth-order valence-electron chi connectivity index (χ4n) is 1.11. The number of carbonyl (C=O) groups excluding carboxylic acids is 1. The lowest BCUT2D eigenvalue weighted by atomic mass is 10.3. The van der Waals surface area contributed by atoms with Gasteiger partial charge in [-0.05, 0) is 26.8 Å². The highest BCUT2D eigenvalue weighted by Gasteiger charge is 2.26. The monoisotopic (exact) mass is 253 g/mol. The third-order valence-corrected chi connectivity index (χ3v) is 3.51. The van der Waals surface area contributed by atoms with Crippen LogP contribution in [0.2, 0.25) is 0 Å². The van der Waals surface area contributed by atoms with E-state index in [2.05, 4.69) is 4.74 Å². The van der Waals surface area contributed by atoms with Gasteiger partial charge in [0.2, 0.25) is 0 Å². The Hall–Kier alpha value is -0.860. The number of nitrogens with two attached hydrogens (primary N) is 1. The number of hydrogen-bond acceptors (Lipinski definition) is 5. The van der Waals surface area contributed by atoms with Crippen LogP contribution in [0.5, 0.6) is 0 Å². The normalized spacial score (nSPS) is 11.9. The van der Waals surface area contributed by atoms with Gasteiger partial charge in [0.15, 0.2) is 0 Å². The van der Waals surface area contributed by atoms with Gasteiger partial charge in [0, 0.05) is 12.6 Å². The molecule has 7 nitrogen and oxygen atoms in total. The molecule has 0 spiro atoms. The van der Waals surface area contributed by atoms with Crippen LogP contribution in [0.15, 0.2) is 0 Å². The van der Waals surface area contributed by atoms with E-state index in [1.54, 1.807) is 18.6 Å². The van der Waals surface area contributed by atoms with E-state index in [1.807, 2.05) is 0 Å². The number of amides is 1. The first-order chi connectivity index (χ1) is 7.35. The number of nitrogens with zero attached hydrogens (tertiary/aromatic N) is 1. The van der Waals surface area contributed by atoms with Crippen molar-refractivity contribution in [1.82, 2.24) is 9.03 Å². The molecule has 0 atom stereocenters. The topological polar surface area (TPSA) is 102 Å². The predicted molar refractivity (Wildman–Crippen MR) is 60.0 cm³/mol. The molecule has 0 fully saturated rings. The molecule has 8 heteroatoms. The molecule has 0 bridgehead atoms. The molecule has 0 aliphatic carbocycles. The first-order valence-corrected chi connectivity index (χ1v) is 6.36. The minimum absolute atomic E-state index is 0.256. The molecule has 1 amide bonds. The summed E-state index contributed by atoms with van der Waals surface area (Å²) in [6.07, 6.45) is -0.473.